The molecule has 0 aliphatic heterocycles. The van der Waals surface area contributed by atoms with E-state index >= 15 is 0 Å². The maximum absolute atomic E-state index is 7.10. The molecule has 0 saturated heterocycles. The van der Waals surface area contributed by atoms with E-state index in [0.29, 0.717) is 5.69 Å². The molecule has 0 bridgehead atoms. The number of hydrogen-bond acceptors (Lipinski definition) is 2. The third-order valence-electron chi connectivity index (χ3n) is 1.09. The van der Waals surface area contributed by atoms with Crippen molar-refractivity contribution in [2.75, 3.05) is 0 Å². The second-order valence-corrected chi connectivity index (χ2v) is 3.16. The number of aromatic nitrogens is 1. The molecular weight excluding hydrogens is 189 g/mol. The van der Waals surface area contributed by atoms with E-state index in [1.807, 2.05) is 12.1 Å². The summed E-state index contributed by atoms with van der Waals surface area (Å²) in [6.45, 7) is 0. The van der Waals surface area contributed by atoms with Crippen molar-refractivity contribution < 1.29 is 0 Å². The number of rotatable bonds is 1. The van der Waals surface area contributed by atoms with Gasteiger partial charge in [0.2, 0.25) is 0 Å². The number of nitrogens with one attached hydrogen (secondary N) is 1. The van der Waals surface area contributed by atoms with Gasteiger partial charge in [-0.2, -0.15) is 0 Å². The maximum atomic E-state index is 7.10. The van der Waals surface area contributed by atoms with Gasteiger partial charge in [0.1, 0.15) is 0 Å². The van der Waals surface area contributed by atoms with Crippen LogP contribution in [0, 0.1) is 5.41 Å². The van der Waals surface area contributed by atoms with Crippen molar-refractivity contribution in [3.8, 4) is 0 Å². The minimum atomic E-state index is 0.0416. The van der Waals surface area contributed by atoms with Gasteiger partial charge in [-0.25, -0.2) is 0 Å². The topological polar surface area (TPSA) is 62.8 Å². The first kappa shape index (κ1) is 7.29. The van der Waals surface area contributed by atoms with Gasteiger partial charge >= 0.3 is 67.2 Å². The normalized spacial score (nSPS) is 9.30. The van der Waals surface area contributed by atoms with Crippen LogP contribution in [0.25, 0.3) is 0 Å². The average Bonchev–Trinajstić information content (AvgIpc) is 1.88. The zero-order valence-electron chi connectivity index (χ0n) is 5.33. The fraction of sp³-hybridized carbons (Fsp3) is 0. The molecule has 3 N–H and O–H groups in total. The van der Waals surface area contributed by atoms with Crippen molar-refractivity contribution >= 4 is 27.0 Å². The van der Waals surface area contributed by atoms with Crippen LogP contribution in [0.1, 0.15) is 5.69 Å². The molecule has 0 radical (unpaired) electrons. The first-order valence-electron chi connectivity index (χ1n) is 2.76. The summed E-state index contributed by atoms with van der Waals surface area (Å²) in [5.74, 6) is 0.0416. The van der Waals surface area contributed by atoms with E-state index in [4.69, 9.17) is 11.1 Å². The van der Waals surface area contributed by atoms with Gasteiger partial charge in [-0.3, -0.25) is 0 Å². The third kappa shape index (κ3) is 1.36. The van der Waals surface area contributed by atoms with Crippen LogP contribution in [0.5, 0.6) is 0 Å². The van der Waals surface area contributed by atoms with Crippen molar-refractivity contribution in [3.05, 3.63) is 24.0 Å². The van der Waals surface area contributed by atoms with Crippen LogP contribution >= 0.6 is 0 Å². The molecule has 0 spiro atoms. The van der Waals surface area contributed by atoms with Gasteiger partial charge in [-0.1, -0.05) is 0 Å². The van der Waals surface area contributed by atoms with Crippen LogP contribution in [-0.2, 0) is 0 Å². The Morgan fingerprint density at radius 3 is 2.80 bits per heavy atom. The van der Waals surface area contributed by atoms with Crippen LogP contribution in [0.4, 0.5) is 0 Å². The van der Waals surface area contributed by atoms with Gasteiger partial charge in [0.15, 0.2) is 0 Å². The van der Waals surface area contributed by atoms with E-state index in [1.165, 1.54) is 16.9 Å². The van der Waals surface area contributed by atoms with Crippen molar-refractivity contribution in [2.45, 2.75) is 0 Å². The third-order valence-corrected chi connectivity index (χ3v) is 2.07. The molecule has 0 aliphatic rings. The Labute approximate surface area is 67.7 Å². The molecule has 10 heavy (non-hydrogen) atoms. The van der Waals surface area contributed by atoms with E-state index < -0.39 is 0 Å². The van der Waals surface area contributed by atoms with Crippen molar-refractivity contribution in [3.63, 3.8) is 0 Å². The molecule has 1 aromatic rings. The van der Waals surface area contributed by atoms with Gasteiger partial charge in [0, 0.05) is 0 Å². The second kappa shape index (κ2) is 2.84. The Bertz CT molecular complexity index is 259. The van der Waals surface area contributed by atoms with E-state index in [2.05, 4.69) is 4.98 Å². The van der Waals surface area contributed by atoms with Gasteiger partial charge in [0.25, 0.3) is 0 Å². The SMILES string of the molecule is N=C(N)c1ncccc1[AsH2]. The number of nitrogens with two attached hydrogens (primary N) is 1. The quantitative estimate of drug-likeness (QED) is 0.331. The number of nitrogens with zero attached hydrogens (tertiary/aromatic N) is 1. The molecule has 1 heterocycles. The van der Waals surface area contributed by atoms with Crippen LogP contribution in [0.3, 0.4) is 0 Å². The number of nitrogen functional groups attached to an aromatic ring is 1. The summed E-state index contributed by atoms with van der Waals surface area (Å²) in [6.07, 6.45) is 1.64. The standard InChI is InChI=1S/C6H8AsN3/c7-4-2-1-3-10-5(4)6(8)9/h1-3H,7H2,(H3,8,9). The first-order valence-corrected chi connectivity index (χ1v) is 3.98. The molecule has 1 unspecified atom stereocenters. The molecule has 1 atom stereocenters. The zero-order valence-corrected chi connectivity index (χ0v) is 7.76. The molecule has 0 amide bonds. The Kier molecular flexibility index (Phi) is 2.07. The molecular formula is C6H8AsN3. The van der Waals surface area contributed by atoms with E-state index in [9.17, 15) is 0 Å². The molecule has 0 aliphatic carbocycles. The molecule has 0 saturated carbocycles. The minimum absolute atomic E-state index is 0.0416. The Morgan fingerprint density at radius 1 is 1.70 bits per heavy atom. The van der Waals surface area contributed by atoms with Crippen molar-refractivity contribution in [1.82, 2.24) is 4.98 Å². The zero-order chi connectivity index (χ0) is 7.56. The summed E-state index contributed by atoms with van der Waals surface area (Å²) < 4.78 is 1.00. The average molecular weight is 197 g/mol. The summed E-state index contributed by atoms with van der Waals surface area (Å²) in [6, 6.07) is 3.74. The number of amidine groups is 1. The van der Waals surface area contributed by atoms with Gasteiger partial charge in [-0.15, -0.1) is 0 Å². The van der Waals surface area contributed by atoms with Crippen molar-refractivity contribution in [1.29, 1.82) is 5.41 Å². The van der Waals surface area contributed by atoms with E-state index in [1.54, 1.807) is 6.20 Å². The van der Waals surface area contributed by atoms with E-state index in [0.717, 1.165) is 4.35 Å². The number of hydrogen-bond donors (Lipinski definition) is 2. The Balaban J connectivity index is 3.15. The molecule has 0 fully saturated rings. The first-order chi connectivity index (χ1) is 4.72. The summed E-state index contributed by atoms with van der Waals surface area (Å²) in [4.78, 5) is 3.94. The van der Waals surface area contributed by atoms with Crippen LogP contribution in [-0.4, -0.2) is 27.7 Å². The molecule has 52 valence electrons. The fourth-order valence-corrected chi connectivity index (χ4v) is 1.36. The van der Waals surface area contributed by atoms with Crippen LogP contribution in [0.15, 0.2) is 18.3 Å². The molecule has 1 aromatic heterocycles. The summed E-state index contributed by atoms with van der Waals surface area (Å²) in [7, 11) is 0. The fourth-order valence-electron chi connectivity index (χ4n) is 0.643. The predicted octanol–water partition coefficient (Wildman–Crippen LogP) is -1.38. The Morgan fingerprint density at radius 2 is 2.40 bits per heavy atom. The monoisotopic (exact) mass is 197 g/mol. The van der Waals surface area contributed by atoms with Gasteiger partial charge in [0.05, 0.1) is 0 Å². The number of pyridine rings is 1. The van der Waals surface area contributed by atoms with Crippen LogP contribution < -0.4 is 10.1 Å². The van der Waals surface area contributed by atoms with Gasteiger partial charge in [-0.05, 0) is 0 Å². The molecule has 1 rings (SSSR count). The Hall–Kier alpha value is -0.822. The molecule has 3 nitrogen and oxygen atoms in total. The van der Waals surface area contributed by atoms with Crippen LogP contribution in [0.2, 0.25) is 0 Å². The van der Waals surface area contributed by atoms with E-state index in [-0.39, 0.29) is 5.84 Å². The van der Waals surface area contributed by atoms with Gasteiger partial charge < -0.3 is 0 Å². The summed E-state index contributed by atoms with van der Waals surface area (Å²) >= 11 is 1.43. The second-order valence-electron chi connectivity index (χ2n) is 1.85. The summed E-state index contributed by atoms with van der Waals surface area (Å²) in [5.41, 5.74) is 5.84. The van der Waals surface area contributed by atoms with Crippen molar-refractivity contribution in [2.24, 2.45) is 5.73 Å². The predicted molar refractivity (Wildman–Crippen MR) is 43.4 cm³/mol. The summed E-state index contributed by atoms with van der Waals surface area (Å²) in [5, 5.41) is 7.10. The molecule has 0 aromatic carbocycles. The molecule has 4 heteroatoms.